The first-order valence-electron chi connectivity index (χ1n) is 6.31. The van der Waals surface area contributed by atoms with Crippen LogP contribution in [0.5, 0.6) is 0 Å². The summed E-state index contributed by atoms with van der Waals surface area (Å²) < 4.78 is 22.8. The van der Waals surface area contributed by atoms with Crippen LogP contribution in [-0.4, -0.2) is 44.8 Å². The molecule has 1 atom stereocenters. The third kappa shape index (κ3) is 4.52. The number of rotatable bonds is 5. The Labute approximate surface area is 125 Å². The SMILES string of the molecule is CC(C)C(Sc1ccc(S(C)(=O)=O)cc1)C(=O)N(C)C. The Kier molecular flexibility index (Phi) is 5.65. The molecule has 112 valence electrons. The summed E-state index contributed by atoms with van der Waals surface area (Å²) >= 11 is 1.47. The van der Waals surface area contributed by atoms with Crippen LogP contribution in [0.3, 0.4) is 0 Å². The second-order valence-electron chi connectivity index (χ2n) is 5.26. The summed E-state index contributed by atoms with van der Waals surface area (Å²) in [6.07, 6.45) is 1.18. The average Bonchev–Trinajstić information content (AvgIpc) is 2.34. The van der Waals surface area contributed by atoms with Crippen molar-refractivity contribution in [1.82, 2.24) is 4.90 Å². The van der Waals surface area contributed by atoms with Gasteiger partial charge in [-0.25, -0.2) is 8.42 Å². The minimum Gasteiger partial charge on any atom is -0.348 e. The molecule has 0 saturated heterocycles. The predicted molar refractivity (Wildman–Crippen MR) is 82.7 cm³/mol. The normalized spacial score (nSPS) is 13.3. The van der Waals surface area contributed by atoms with Crippen LogP contribution in [-0.2, 0) is 14.6 Å². The number of thioether (sulfide) groups is 1. The molecule has 1 aromatic carbocycles. The highest BCUT2D eigenvalue weighted by atomic mass is 32.2. The fourth-order valence-corrected chi connectivity index (χ4v) is 3.44. The van der Waals surface area contributed by atoms with Crippen LogP contribution in [0.2, 0.25) is 0 Å². The molecule has 1 aromatic rings. The number of carbonyl (C=O) groups is 1. The third-order valence-corrected chi connectivity index (χ3v) is 5.48. The van der Waals surface area contributed by atoms with Gasteiger partial charge in [-0.3, -0.25) is 4.79 Å². The molecule has 4 nitrogen and oxygen atoms in total. The van der Waals surface area contributed by atoms with E-state index >= 15 is 0 Å². The van der Waals surface area contributed by atoms with E-state index in [1.807, 2.05) is 13.8 Å². The van der Waals surface area contributed by atoms with Gasteiger partial charge in [-0.2, -0.15) is 0 Å². The Balaban J connectivity index is 2.93. The molecule has 0 fully saturated rings. The number of benzene rings is 1. The van der Waals surface area contributed by atoms with Crippen LogP contribution in [0.25, 0.3) is 0 Å². The maximum atomic E-state index is 12.1. The number of sulfone groups is 1. The number of carbonyl (C=O) groups excluding carboxylic acids is 1. The van der Waals surface area contributed by atoms with Crippen LogP contribution in [0.1, 0.15) is 13.8 Å². The molecule has 20 heavy (non-hydrogen) atoms. The number of hydrogen-bond donors (Lipinski definition) is 0. The topological polar surface area (TPSA) is 54.5 Å². The fraction of sp³-hybridized carbons (Fsp3) is 0.500. The Morgan fingerprint density at radius 3 is 2.00 bits per heavy atom. The van der Waals surface area contributed by atoms with Crippen molar-refractivity contribution < 1.29 is 13.2 Å². The molecule has 0 spiro atoms. The van der Waals surface area contributed by atoms with Gasteiger partial charge >= 0.3 is 0 Å². The smallest absolute Gasteiger partial charge is 0.235 e. The molecule has 0 radical (unpaired) electrons. The minimum absolute atomic E-state index is 0.0668. The first kappa shape index (κ1) is 17.0. The molecule has 1 rings (SSSR count). The number of nitrogens with zero attached hydrogens (tertiary/aromatic N) is 1. The van der Waals surface area contributed by atoms with Gasteiger partial charge in [0, 0.05) is 25.2 Å². The lowest BCUT2D eigenvalue weighted by Gasteiger charge is -2.23. The van der Waals surface area contributed by atoms with Gasteiger partial charge in [0.15, 0.2) is 9.84 Å². The predicted octanol–water partition coefficient (Wildman–Crippen LogP) is 2.29. The molecule has 0 bridgehead atoms. The van der Waals surface area contributed by atoms with Gasteiger partial charge < -0.3 is 4.90 Å². The van der Waals surface area contributed by atoms with Crippen molar-refractivity contribution in [2.75, 3.05) is 20.4 Å². The highest BCUT2D eigenvalue weighted by Crippen LogP contribution is 2.30. The molecule has 0 N–H and O–H groups in total. The first-order chi connectivity index (χ1) is 9.12. The van der Waals surface area contributed by atoms with Crippen LogP contribution in [0.15, 0.2) is 34.1 Å². The largest absolute Gasteiger partial charge is 0.348 e. The molecular formula is C14H21NO3S2. The summed E-state index contributed by atoms with van der Waals surface area (Å²) in [5.41, 5.74) is 0. The molecule has 6 heteroatoms. The third-order valence-electron chi connectivity index (χ3n) is 2.80. The van der Waals surface area contributed by atoms with E-state index in [0.717, 1.165) is 4.90 Å². The number of amides is 1. The van der Waals surface area contributed by atoms with Crippen molar-refractivity contribution in [3.05, 3.63) is 24.3 Å². The van der Waals surface area contributed by atoms with E-state index < -0.39 is 9.84 Å². The summed E-state index contributed by atoms with van der Waals surface area (Å²) in [7, 11) is 0.304. The quantitative estimate of drug-likeness (QED) is 0.782. The lowest BCUT2D eigenvalue weighted by Crippen LogP contribution is -2.34. The van der Waals surface area contributed by atoms with Crippen molar-refractivity contribution in [3.63, 3.8) is 0 Å². The van der Waals surface area contributed by atoms with Crippen LogP contribution in [0, 0.1) is 5.92 Å². The summed E-state index contributed by atoms with van der Waals surface area (Å²) in [5.74, 6) is 0.265. The average molecular weight is 315 g/mol. The molecule has 0 heterocycles. The summed E-state index contributed by atoms with van der Waals surface area (Å²) in [5, 5.41) is -0.172. The molecule has 0 aliphatic heterocycles. The molecular weight excluding hydrogens is 294 g/mol. The second kappa shape index (κ2) is 6.63. The zero-order valence-corrected chi connectivity index (χ0v) is 14.1. The Hall–Kier alpha value is -1.01. The highest BCUT2D eigenvalue weighted by molar-refractivity contribution is 8.00. The first-order valence-corrected chi connectivity index (χ1v) is 9.08. The minimum atomic E-state index is -3.18. The summed E-state index contributed by atoms with van der Waals surface area (Å²) in [6, 6.07) is 6.66. The molecule has 0 aromatic heterocycles. The Morgan fingerprint density at radius 2 is 1.65 bits per heavy atom. The molecule has 0 saturated carbocycles. The monoisotopic (exact) mass is 315 g/mol. The van der Waals surface area contributed by atoms with Crippen molar-refractivity contribution >= 4 is 27.5 Å². The van der Waals surface area contributed by atoms with Gasteiger partial charge in [-0.1, -0.05) is 13.8 Å². The standard InChI is InChI=1S/C14H21NO3S2/c1-10(2)13(14(16)15(3)4)19-11-6-8-12(9-7-11)20(5,17)18/h6-10,13H,1-5H3. The summed E-state index contributed by atoms with van der Waals surface area (Å²) in [6.45, 7) is 4.01. The van der Waals surface area contributed by atoms with Crippen LogP contribution in [0.4, 0.5) is 0 Å². The number of hydrogen-bond acceptors (Lipinski definition) is 4. The van der Waals surface area contributed by atoms with Gasteiger partial charge in [-0.15, -0.1) is 11.8 Å². The zero-order valence-electron chi connectivity index (χ0n) is 12.5. The molecule has 1 amide bonds. The maximum Gasteiger partial charge on any atom is 0.235 e. The van der Waals surface area contributed by atoms with E-state index in [-0.39, 0.29) is 17.1 Å². The van der Waals surface area contributed by atoms with Gasteiger partial charge in [0.2, 0.25) is 5.91 Å². The van der Waals surface area contributed by atoms with E-state index in [2.05, 4.69) is 0 Å². The lowest BCUT2D eigenvalue weighted by atomic mass is 10.1. The molecule has 1 unspecified atom stereocenters. The summed E-state index contributed by atoms with van der Waals surface area (Å²) in [4.78, 5) is 14.9. The van der Waals surface area contributed by atoms with E-state index in [0.29, 0.717) is 4.90 Å². The highest BCUT2D eigenvalue weighted by Gasteiger charge is 2.24. The van der Waals surface area contributed by atoms with Gasteiger partial charge in [-0.05, 0) is 30.2 Å². The van der Waals surface area contributed by atoms with Gasteiger partial charge in [0.25, 0.3) is 0 Å². The van der Waals surface area contributed by atoms with E-state index in [4.69, 9.17) is 0 Å². The fourth-order valence-electron chi connectivity index (χ4n) is 1.64. The van der Waals surface area contributed by atoms with Gasteiger partial charge in [0.1, 0.15) is 0 Å². The Morgan fingerprint density at radius 1 is 1.15 bits per heavy atom. The van der Waals surface area contributed by atoms with E-state index in [9.17, 15) is 13.2 Å². The molecule has 0 aliphatic rings. The van der Waals surface area contributed by atoms with Crippen molar-refractivity contribution in [2.24, 2.45) is 5.92 Å². The maximum absolute atomic E-state index is 12.1. The van der Waals surface area contributed by atoms with Crippen molar-refractivity contribution in [1.29, 1.82) is 0 Å². The Bertz CT molecular complexity index is 563. The van der Waals surface area contributed by atoms with Crippen LogP contribution < -0.4 is 0 Å². The van der Waals surface area contributed by atoms with Gasteiger partial charge in [0.05, 0.1) is 10.1 Å². The second-order valence-corrected chi connectivity index (χ2v) is 8.49. The van der Waals surface area contributed by atoms with Crippen molar-refractivity contribution in [2.45, 2.75) is 28.9 Å². The van der Waals surface area contributed by atoms with Crippen molar-refractivity contribution in [3.8, 4) is 0 Å². The van der Waals surface area contributed by atoms with Crippen LogP contribution >= 0.6 is 11.8 Å². The zero-order chi connectivity index (χ0) is 15.5. The van der Waals surface area contributed by atoms with E-state index in [1.54, 1.807) is 43.3 Å². The lowest BCUT2D eigenvalue weighted by molar-refractivity contribution is -0.128. The molecule has 0 aliphatic carbocycles. The van der Waals surface area contributed by atoms with E-state index in [1.165, 1.54) is 18.0 Å².